The van der Waals surface area contributed by atoms with Crippen LogP contribution in [0.1, 0.15) is 13.8 Å². The molecule has 0 saturated carbocycles. The largest absolute Gasteiger partial charge is 0.460 e. The second kappa shape index (κ2) is 2.43. The second-order valence-electron chi connectivity index (χ2n) is 3.75. The lowest BCUT2D eigenvalue weighted by atomic mass is 10.0. The maximum Gasteiger partial charge on any atom is 0.343 e. The third-order valence-corrected chi connectivity index (χ3v) is 2.32. The van der Waals surface area contributed by atoms with Gasteiger partial charge in [0.25, 0.3) is 0 Å². The van der Waals surface area contributed by atoms with E-state index in [1.807, 2.05) is 0 Å². The summed E-state index contributed by atoms with van der Waals surface area (Å²) in [5, 5.41) is 9.12. The summed E-state index contributed by atoms with van der Waals surface area (Å²) in [6.45, 7) is 3.16. The van der Waals surface area contributed by atoms with Gasteiger partial charge in [0.05, 0.1) is 6.61 Å². The minimum atomic E-state index is -1.29. The molecule has 2 heterocycles. The molecule has 2 aliphatic heterocycles. The maximum atomic E-state index is 11.3. The third kappa shape index (κ3) is 1.08. The van der Waals surface area contributed by atoms with Gasteiger partial charge in [-0.1, -0.05) is 0 Å². The number of aliphatic hydroxyl groups is 1. The van der Waals surface area contributed by atoms with Crippen LogP contribution >= 0.6 is 0 Å². The SMILES string of the molecule is CC1(C)OC2COC(=O)C2(CO)O1. The van der Waals surface area contributed by atoms with Crippen LogP contribution in [0.4, 0.5) is 0 Å². The van der Waals surface area contributed by atoms with E-state index in [9.17, 15) is 4.79 Å². The van der Waals surface area contributed by atoms with E-state index in [4.69, 9.17) is 19.3 Å². The molecule has 0 radical (unpaired) electrons. The molecule has 13 heavy (non-hydrogen) atoms. The summed E-state index contributed by atoms with van der Waals surface area (Å²) in [6.07, 6.45) is -0.486. The number of rotatable bonds is 1. The van der Waals surface area contributed by atoms with Crippen LogP contribution in [0.15, 0.2) is 0 Å². The van der Waals surface area contributed by atoms with Crippen LogP contribution in [0.2, 0.25) is 0 Å². The minimum absolute atomic E-state index is 0.156. The lowest BCUT2D eigenvalue weighted by Gasteiger charge is -2.22. The first-order valence-corrected chi connectivity index (χ1v) is 4.16. The maximum absolute atomic E-state index is 11.3. The van der Waals surface area contributed by atoms with Crippen molar-refractivity contribution in [3.63, 3.8) is 0 Å². The van der Waals surface area contributed by atoms with Gasteiger partial charge in [0.15, 0.2) is 5.79 Å². The Morgan fingerprint density at radius 2 is 2.31 bits per heavy atom. The molecule has 0 aliphatic carbocycles. The highest BCUT2D eigenvalue weighted by atomic mass is 16.8. The summed E-state index contributed by atoms with van der Waals surface area (Å²) in [7, 11) is 0. The number of esters is 1. The summed E-state index contributed by atoms with van der Waals surface area (Å²) in [4.78, 5) is 11.3. The van der Waals surface area contributed by atoms with E-state index in [-0.39, 0.29) is 6.61 Å². The molecule has 2 fully saturated rings. The summed E-state index contributed by atoms with van der Waals surface area (Å²) < 4.78 is 15.5. The van der Waals surface area contributed by atoms with Gasteiger partial charge in [-0.15, -0.1) is 0 Å². The van der Waals surface area contributed by atoms with E-state index >= 15 is 0 Å². The van der Waals surface area contributed by atoms with Crippen molar-refractivity contribution in [2.75, 3.05) is 13.2 Å². The Kier molecular flexibility index (Phi) is 1.67. The highest BCUT2D eigenvalue weighted by molar-refractivity contribution is 5.83. The van der Waals surface area contributed by atoms with Crippen LogP contribution in [0.25, 0.3) is 0 Å². The Balaban J connectivity index is 2.32. The molecule has 2 atom stereocenters. The molecule has 5 heteroatoms. The smallest absolute Gasteiger partial charge is 0.343 e. The predicted molar refractivity (Wildman–Crippen MR) is 40.8 cm³/mol. The quantitative estimate of drug-likeness (QED) is 0.558. The normalized spacial score (nSPS) is 41.8. The molecule has 2 aliphatic rings. The highest BCUT2D eigenvalue weighted by Crippen LogP contribution is 2.40. The van der Waals surface area contributed by atoms with Gasteiger partial charge >= 0.3 is 5.97 Å². The predicted octanol–water partition coefficient (Wildman–Crippen LogP) is -0.574. The number of ether oxygens (including phenoxy) is 3. The molecule has 1 N–H and O–H groups in total. The number of hydrogen-bond donors (Lipinski definition) is 1. The molecule has 2 unspecified atom stereocenters. The average Bonchev–Trinajstić information content (AvgIpc) is 2.46. The van der Waals surface area contributed by atoms with Gasteiger partial charge in [-0.25, -0.2) is 4.79 Å². The van der Waals surface area contributed by atoms with Crippen LogP contribution in [-0.2, 0) is 19.0 Å². The minimum Gasteiger partial charge on any atom is -0.460 e. The van der Waals surface area contributed by atoms with Crippen LogP contribution in [0, 0.1) is 0 Å². The molecule has 0 aromatic rings. The third-order valence-electron chi connectivity index (χ3n) is 2.32. The molecule has 74 valence electrons. The van der Waals surface area contributed by atoms with Crippen LogP contribution in [0.5, 0.6) is 0 Å². The van der Waals surface area contributed by atoms with Gasteiger partial charge in [0, 0.05) is 0 Å². The van der Waals surface area contributed by atoms with Gasteiger partial charge in [0.1, 0.15) is 12.7 Å². The Morgan fingerprint density at radius 1 is 1.62 bits per heavy atom. The van der Waals surface area contributed by atoms with E-state index in [0.29, 0.717) is 0 Å². The average molecular weight is 188 g/mol. The van der Waals surface area contributed by atoms with Gasteiger partial charge < -0.3 is 19.3 Å². The Bertz CT molecular complexity index is 249. The topological polar surface area (TPSA) is 65.0 Å². The Labute approximate surface area is 75.6 Å². The lowest BCUT2D eigenvalue weighted by Crippen LogP contribution is -2.46. The molecular weight excluding hydrogens is 176 g/mol. The van der Waals surface area contributed by atoms with Crippen molar-refractivity contribution in [3.05, 3.63) is 0 Å². The second-order valence-corrected chi connectivity index (χ2v) is 3.75. The fourth-order valence-corrected chi connectivity index (χ4v) is 1.78. The highest BCUT2D eigenvalue weighted by Gasteiger charge is 2.63. The molecule has 2 saturated heterocycles. The number of carbonyl (C=O) groups is 1. The molecular formula is C8H12O5. The van der Waals surface area contributed by atoms with Crippen molar-refractivity contribution in [2.45, 2.75) is 31.3 Å². The molecule has 5 nitrogen and oxygen atoms in total. The zero-order valence-electron chi connectivity index (χ0n) is 7.57. The zero-order valence-corrected chi connectivity index (χ0v) is 7.57. The van der Waals surface area contributed by atoms with Gasteiger partial charge in [-0.3, -0.25) is 0 Å². The van der Waals surface area contributed by atoms with Crippen molar-refractivity contribution in [2.24, 2.45) is 0 Å². The molecule has 2 rings (SSSR count). The van der Waals surface area contributed by atoms with E-state index in [2.05, 4.69) is 0 Å². The van der Waals surface area contributed by atoms with Gasteiger partial charge in [-0.05, 0) is 13.8 Å². The van der Waals surface area contributed by atoms with Crippen molar-refractivity contribution in [1.29, 1.82) is 0 Å². The van der Waals surface area contributed by atoms with Crippen LogP contribution in [0.3, 0.4) is 0 Å². The van der Waals surface area contributed by atoms with Crippen LogP contribution in [-0.4, -0.2) is 41.8 Å². The van der Waals surface area contributed by atoms with Crippen molar-refractivity contribution in [3.8, 4) is 0 Å². The standard InChI is InChI=1S/C8H12O5/c1-7(2)12-5-3-11-6(10)8(5,4-9)13-7/h5,9H,3-4H2,1-2H3. The molecule has 0 aromatic heterocycles. The molecule has 0 bridgehead atoms. The lowest BCUT2D eigenvalue weighted by molar-refractivity contribution is -0.197. The van der Waals surface area contributed by atoms with Crippen LogP contribution < -0.4 is 0 Å². The van der Waals surface area contributed by atoms with Crippen molar-refractivity contribution < 1.29 is 24.1 Å². The van der Waals surface area contributed by atoms with Crippen molar-refractivity contribution in [1.82, 2.24) is 0 Å². The first-order valence-electron chi connectivity index (χ1n) is 4.16. The number of carbonyl (C=O) groups excluding carboxylic acids is 1. The summed E-state index contributed by atoms with van der Waals surface area (Å²) in [5.74, 6) is -1.36. The van der Waals surface area contributed by atoms with E-state index < -0.39 is 30.1 Å². The van der Waals surface area contributed by atoms with Gasteiger partial charge in [-0.2, -0.15) is 0 Å². The number of hydrogen-bond acceptors (Lipinski definition) is 5. The Morgan fingerprint density at radius 3 is 2.85 bits per heavy atom. The molecule has 0 aromatic carbocycles. The molecule has 0 amide bonds. The summed E-state index contributed by atoms with van der Waals surface area (Å²) in [6, 6.07) is 0. The van der Waals surface area contributed by atoms with Gasteiger partial charge in [0.2, 0.25) is 5.60 Å². The number of aliphatic hydroxyl groups excluding tert-OH is 1. The summed E-state index contributed by atoms with van der Waals surface area (Å²) in [5.41, 5.74) is -1.29. The first kappa shape index (κ1) is 8.93. The number of fused-ring (bicyclic) bond motifs is 1. The fourth-order valence-electron chi connectivity index (χ4n) is 1.78. The van der Waals surface area contributed by atoms with E-state index in [0.717, 1.165) is 0 Å². The fraction of sp³-hybridized carbons (Fsp3) is 0.875. The van der Waals surface area contributed by atoms with E-state index in [1.54, 1.807) is 13.8 Å². The van der Waals surface area contributed by atoms with Crippen molar-refractivity contribution >= 4 is 5.97 Å². The monoisotopic (exact) mass is 188 g/mol. The zero-order chi connectivity index (χ0) is 9.69. The number of cyclic esters (lactones) is 1. The summed E-state index contributed by atoms with van der Waals surface area (Å²) >= 11 is 0. The van der Waals surface area contributed by atoms with E-state index in [1.165, 1.54) is 0 Å². The first-order chi connectivity index (χ1) is 6.00. The molecule has 0 spiro atoms. The Hall–Kier alpha value is -0.650.